The van der Waals surface area contributed by atoms with Crippen LogP contribution in [0.1, 0.15) is 257 Å². The summed E-state index contributed by atoms with van der Waals surface area (Å²) in [5, 5.41) is 0. The van der Waals surface area contributed by atoms with E-state index >= 15 is 0 Å². The Morgan fingerprint density at radius 2 is 0.231 bits per heavy atom. The number of hydrogen-bond acceptors (Lipinski definition) is 0. The summed E-state index contributed by atoms with van der Waals surface area (Å²) in [4.78, 5) is 0. The van der Waals surface area contributed by atoms with Gasteiger partial charge in [0.05, 0.1) is 0 Å². The van der Waals surface area contributed by atoms with Gasteiger partial charge in [0.15, 0.2) is 0 Å². The molecule has 8 fully saturated rings. The quantitative estimate of drug-likeness (QED) is 0.213. The Morgan fingerprint density at radius 1 is 0.135 bits per heavy atom. The van der Waals surface area contributed by atoms with Crippen LogP contribution in [-0.2, 0) is 0 Å². The molecule has 0 heterocycles. The molecule has 8 rings (SSSR count). The van der Waals surface area contributed by atoms with Crippen LogP contribution < -0.4 is 0 Å². The van der Waals surface area contributed by atoms with Crippen LogP contribution in [0.5, 0.6) is 0 Å². The van der Waals surface area contributed by atoms with Gasteiger partial charge < -0.3 is 0 Å². The average Bonchev–Trinajstić information content (AvgIpc) is 3.22. The molecule has 0 bridgehead atoms. The van der Waals surface area contributed by atoms with Gasteiger partial charge in [-0.25, -0.2) is 0 Å². The van der Waals surface area contributed by atoms with Gasteiger partial charge in [-0.15, -0.1) is 0 Å². The van der Waals surface area contributed by atoms with Gasteiger partial charge in [0.2, 0.25) is 0 Å². The van der Waals surface area contributed by atoms with Crippen LogP contribution in [0.25, 0.3) is 0 Å². The first-order valence-corrected chi connectivity index (χ1v) is 38.0. The molecule has 0 aromatic rings. The van der Waals surface area contributed by atoms with Crippen molar-refractivity contribution < 1.29 is 0 Å². The van der Waals surface area contributed by atoms with Gasteiger partial charge in [0, 0.05) is 0 Å². The summed E-state index contributed by atoms with van der Waals surface area (Å²) in [5.74, 6) is 0. The van der Waals surface area contributed by atoms with E-state index in [1.165, 1.54) is 31.5 Å². The van der Waals surface area contributed by atoms with E-state index < -0.39 is 0 Å². The molecular formula is C48H88Sn4. The van der Waals surface area contributed by atoms with Crippen LogP contribution in [0.15, 0.2) is 0 Å². The van der Waals surface area contributed by atoms with Crippen molar-refractivity contribution in [2.45, 2.75) is 288 Å². The summed E-state index contributed by atoms with van der Waals surface area (Å²) in [6.45, 7) is 0. The first-order chi connectivity index (χ1) is 25.8. The number of rotatable bonds is 8. The monoisotopic (exact) mass is 1140 g/mol. The standard InChI is InChI=1S/8C6H11.4Sn/c8*1-2-4-6-5-3-1;;;;/h8*1H,2-6H2;;;;. The third-order valence-corrected chi connectivity index (χ3v) is 38.7. The fourth-order valence-corrected chi connectivity index (χ4v) is 36.0. The topological polar surface area (TPSA) is 0 Å². The molecule has 8 aliphatic carbocycles. The average molecular weight is 1140 g/mol. The summed E-state index contributed by atoms with van der Waals surface area (Å²) in [6, 6.07) is 0. The first kappa shape index (κ1) is 46.3. The molecule has 0 saturated heterocycles. The fraction of sp³-hybridized carbons (Fsp3) is 1.00. The third kappa shape index (κ3) is 20.9. The minimum absolute atomic E-state index is 0.0367. The van der Waals surface area contributed by atoms with E-state index in [-0.39, 0.29) is 84.6 Å². The molecule has 0 aromatic carbocycles. The molecule has 296 valence electrons. The van der Waals surface area contributed by atoms with Gasteiger partial charge in [-0.3, -0.25) is 0 Å². The molecule has 4 heteroatoms. The molecular weight excluding hydrogens is 1050 g/mol. The van der Waals surface area contributed by atoms with Crippen molar-refractivity contribution in [3.05, 3.63) is 0 Å². The predicted molar refractivity (Wildman–Crippen MR) is 238 cm³/mol. The van der Waals surface area contributed by atoms with E-state index in [4.69, 9.17) is 0 Å². The van der Waals surface area contributed by atoms with Crippen molar-refractivity contribution in [1.29, 1.82) is 0 Å². The molecule has 8 aliphatic rings. The zero-order chi connectivity index (χ0) is 35.7. The molecule has 0 nitrogen and oxygen atoms in total. The summed E-state index contributed by atoms with van der Waals surface area (Å²) < 4.78 is 10.3. The van der Waals surface area contributed by atoms with E-state index in [0.717, 1.165) is 0 Å². The molecule has 0 unspecified atom stereocenters. The summed E-state index contributed by atoms with van der Waals surface area (Å²) in [5.41, 5.74) is 0. The summed E-state index contributed by atoms with van der Waals surface area (Å²) in [6.07, 6.45) is 63.5. The molecule has 0 N–H and O–H groups in total. The van der Waals surface area contributed by atoms with Crippen LogP contribution in [-0.4, -0.2) is 84.6 Å². The second-order valence-electron chi connectivity index (χ2n) is 19.3. The molecule has 52 heavy (non-hydrogen) atoms. The van der Waals surface area contributed by atoms with E-state index in [1.807, 2.05) is 0 Å². The molecule has 0 aromatic heterocycles. The predicted octanol–water partition coefficient (Wildman–Crippen LogP) is 16.8. The molecule has 0 atom stereocenters. The van der Waals surface area contributed by atoms with Crippen molar-refractivity contribution in [1.82, 2.24) is 0 Å². The van der Waals surface area contributed by atoms with Gasteiger partial charge in [-0.2, -0.15) is 0 Å². The van der Waals surface area contributed by atoms with Crippen molar-refractivity contribution in [3.63, 3.8) is 0 Å². The molecule has 0 spiro atoms. The first-order valence-electron chi connectivity index (χ1n) is 24.8. The third-order valence-electron chi connectivity index (χ3n) is 14.7. The SMILES string of the molecule is C1CC[CH]([Sn][CH]2CCCCC2)CC1.C1CC[CH]([Sn][CH]2CCCCC2)CC1.C1CC[CH]([Sn][CH]2CCCCC2)CC1.C1CC[CH]([Sn][CH]2CCCCC2)CC1. The Morgan fingerprint density at radius 3 is 0.327 bits per heavy atom. The van der Waals surface area contributed by atoms with E-state index in [9.17, 15) is 0 Å². The zero-order valence-corrected chi connectivity index (χ0v) is 46.3. The van der Waals surface area contributed by atoms with Gasteiger partial charge in [-0.1, -0.05) is 0 Å². The van der Waals surface area contributed by atoms with Crippen molar-refractivity contribution in [2.75, 3.05) is 0 Å². The molecule has 0 aliphatic heterocycles. The van der Waals surface area contributed by atoms with Crippen LogP contribution in [0.2, 0.25) is 31.5 Å². The Labute approximate surface area is 368 Å². The van der Waals surface area contributed by atoms with Crippen molar-refractivity contribution >= 4 is 84.6 Å². The Balaban J connectivity index is 0.000000134. The molecule has 0 amide bonds. The Kier molecular flexibility index (Phi) is 26.9. The van der Waals surface area contributed by atoms with Crippen LogP contribution in [0.3, 0.4) is 0 Å². The Bertz CT molecular complexity index is 600. The molecule has 8 radical (unpaired) electrons. The fourth-order valence-electron chi connectivity index (χ4n) is 11.5. The van der Waals surface area contributed by atoms with Crippen LogP contribution in [0.4, 0.5) is 0 Å². The number of hydrogen-bond donors (Lipinski definition) is 0. The van der Waals surface area contributed by atoms with Crippen molar-refractivity contribution in [3.8, 4) is 0 Å². The van der Waals surface area contributed by atoms with Crippen LogP contribution in [0, 0.1) is 0 Å². The van der Waals surface area contributed by atoms with Gasteiger partial charge in [-0.05, 0) is 0 Å². The summed E-state index contributed by atoms with van der Waals surface area (Å²) >= 11 is 0.147. The zero-order valence-electron chi connectivity index (χ0n) is 34.9. The second kappa shape index (κ2) is 30.3. The van der Waals surface area contributed by atoms with Gasteiger partial charge in [0.1, 0.15) is 0 Å². The van der Waals surface area contributed by atoms with Gasteiger partial charge >= 0.3 is 373 Å². The van der Waals surface area contributed by atoms with E-state index in [2.05, 4.69) is 0 Å². The second-order valence-corrected chi connectivity index (χ2v) is 41.8. The van der Waals surface area contributed by atoms with Crippen molar-refractivity contribution in [2.24, 2.45) is 0 Å². The maximum absolute atomic E-state index is 1.63. The van der Waals surface area contributed by atoms with Gasteiger partial charge in [0.25, 0.3) is 0 Å². The van der Waals surface area contributed by atoms with E-state index in [0.29, 0.717) is 0 Å². The van der Waals surface area contributed by atoms with E-state index in [1.54, 1.807) is 257 Å². The summed E-state index contributed by atoms with van der Waals surface area (Å²) in [7, 11) is 0. The normalized spacial score (nSPS) is 27.7. The minimum atomic E-state index is 0.0367. The van der Waals surface area contributed by atoms with Crippen LogP contribution >= 0.6 is 0 Å². The maximum atomic E-state index is 1.63. The molecule has 8 saturated carbocycles. The Hall–Kier alpha value is 3.19.